The minimum Gasteiger partial charge on any atom is -0.493 e. The molecular formula is C25H27N3O5S. The van der Waals surface area contributed by atoms with Crippen LogP contribution in [0.25, 0.3) is 0 Å². The molecule has 0 aliphatic carbocycles. The van der Waals surface area contributed by atoms with Crippen molar-refractivity contribution in [2.45, 2.75) is 30.8 Å². The number of pyridine rings is 1. The molecule has 1 amide bonds. The molecule has 9 heteroatoms. The minimum atomic E-state index is -3.63. The Hall–Kier alpha value is -3.43. The molecule has 3 aromatic rings. The van der Waals surface area contributed by atoms with Gasteiger partial charge in [0.25, 0.3) is 5.91 Å². The van der Waals surface area contributed by atoms with Crippen LogP contribution >= 0.6 is 0 Å². The largest absolute Gasteiger partial charge is 0.493 e. The summed E-state index contributed by atoms with van der Waals surface area (Å²) in [5.41, 5.74) is 1.65. The fourth-order valence-electron chi connectivity index (χ4n) is 3.77. The molecule has 0 unspecified atom stereocenters. The zero-order valence-electron chi connectivity index (χ0n) is 18.9. The lowest BCUT2D eigenvalue weighted by Crippen LogP contribution is -2.35. The van der Waals surface area contributed by atoms with E-state index in [-0.39, 0.29) is 17.1 Å². The van der Waals surface area contributed by atoms with Gasteiger partial charge in [0.2, 0.25) is 10.0 Å². The molecule has 1 saturated heterocycles. The van der Waals surface area contributed by atoms with Crippen molar-refractivity contribution < 1.29 is 22.7 Å². The predicted octanol–water partition coefficient (Wildman–Crippen LogP) is 4.10. The summed E-state index contributed by atoms with van der Waals surface area (Å²) in [4.78, 5) is 17.1. The van der Waals surface area contributed by atoms with Crippen LogP contribution in [0.4, 0.5) is 5.69 Å². The standard InChI is InChI=1S/C25H27N3O5S/c1-32-23-11-10-21(16-24(23)33-18-19-7-6-12-26-17-19)27-25(29)20-8-5-9-22(15-20)34(30,31)28-13-3-2-4-14-28/h5-12,15-17H,2-4,13-14,18H2,1H3,(H,27,29). The summed E-state index contributed by atoms with van der Waals surface area (Å²) in [6, 6.07) is 14.9. The Balaban J connectivity index is 1.49. The molecule has 0 radical (unpaired) electrons. The molecule has 34 heavy (non-hydrogen) atoms. The molecular weight excluding hydrogens is 454 g/mol. The van der Waals surface area contributed by atoms with Crippen molar-refractivity contribution in [3.8, 4) is 11.5 Å². The molecule has 178 valence electrons. The van der Waals surface area contributed by atoms with Gasteiger partial charge in [0.05, 0.1) is 12.0 Å². The summed E-state index contributed by atoms with van der Waals surface area (Å²) in [5.74, 6) is 0.571. The number of anilines is 1. The highest BCUT2D eigenvalue weighted by Gasteiger charge is 2.26. The highest BCUT2D eigenvalue weighted by molar-refractivity contribution is 7.89. The monoisotopic (exact) mass is 481 g/mol. The number of rotatable bonds is 8. The number of ether oxygens (including phenoxy) is 2. The molecule has 1 aromatic heterocycles. The van der Waals surface area contributed by atoms with Gasteiger partial charge < -0.3 is 14.8 Å². The van der Waals surface area contributed by atoms with Crippen molar-refractivity contribution in [3.05, 3.63) is 78.1 Å². The number of aromatic nitrogens is 1. The van der Waals surface area contributed by atoms with Crippen LogP contribution in [0.1, 0.15) is 35.2 Å². The van der Waals surface area contributed by atoms with Gasteiger partial charge >= 0.3 is 0 Å². The molecule has 1 fully saturated rings. The molecule has 2 heterocycles. The Morgan fingerprint density at radius 1 is 1.03 bits per heavy atom. The van der Waals surface area contributed by atoms with Gasteiger partial charge in [-0.25, -0.2) is 8.42 Å². The molecule has 0 bridgehead atoms. The van der Waals surface area contributed by atoms with Crippen LogP contribution in [0, 0.1) is 0 Å². The van der Waals surface area contributed by atoms with Gasteiger partial charge in [-0.15, -0.1) is 0 Å². The van der Waals surface area contributed by atoms with Gasteiger partial charge in [-0.3, -0.25) is 9.78 Å². The molecule has 0 saturated carbocycles. The summed E-state index contributed by atoms with van der Waals surface area (Å²) < 4.78 is 38.7. The number of carbonyl (C=O) groups excluding carboxylic acids is 1. The van der Waals surface area contributed by atoms with Crippen molar-refractivity contribution in [2.24, 2.45) is 0 Å². The lowest BCUT2D eigenvalue weighted by Gasteiger charge is -2.26. The van der Waals surface area contributed by atoms with Gasteiger partial charge in [0, 0.05) is 48.4 Å². The van der Waals surface area contributed by atoms with E-state index >= 15 is 0 Å². The number of piperidine rings is 1. The first-order valence-electron chi connectivity index (χ1n) is 11.1. The highest BCUT2D eigenvalue weighted by Crippen LogP contribution is 2.31. The van der Waals surface area contributed by atoms with Crippen molar-refractivity contribution >= 4 is 21.6 Å². The average molecular weight is 482 g/mol. The van der Waals surface area contributed by atoms with Crippen molar-refractivity contribution in [1.82, 2.24) is 9.29 Å². The molecule has 0 atom stereocenters. The number of amides is 1. The van der Waals surface area contributed by atoms with Crippen LogP contribution in [-0.2, 0) is 16.6 Å². The van der Waals surface area contributed by atoms with E-state index in [1.54, 1.807) is 49.8 Å². The molecule has 1 aliphatic heterocycles. The van der Waals surface area contributed by atoms with E-state index in [0.717, 1.165) is 24.8 Å². The number of nitrogens with one attached hydrogen (secondary N) is 1. The smallest absolute Gasteiger partial charge is 0.255 e. The quantitative estimate of drug-likeness (QED) is 0.520. The molecule has 2 aromatic carbocycles. The first-order chi connectivity index (χ1) is 16.5. The maximum Gasteiger partial charge on any atom is 0.255 e. The first-order valence-corrected chi connectivity index (χ1v) is 12.5. The predicted molar refractivity (Wildman–Crippen MR) is 129 cm³/mol. The Morgan fingerprint density at radius 3 is 2.59 bits per heavy atom. The van der Waals surface area contributed by atoms with Crippen LogP contribution < -0.4 is 14.8 Å². The normalized spacial score (nSPS) is 14.4. The molecule has 0 spiro atoms. The number of sulfonamides is 1. The zero-order valence-corrected chi connectivity index (χ0v) is 19.8. The summed E-state index contributed by atoms with van der Waals surface area (Å²) in [7, 11) is -2.09. The van der Waals surface area contributed by atoms with E-state index in [1.807, 2.05) is 12.1 Å². The second-order valence-electron chi connectivity index (χ2n) is 7.96. The number of carbonyl (C=O) groups is 1. The molecule has 4 rings (SSSR count). The van der Waals surface area contributed by atoms with Crippen LogP contribution in [0.5, 0.6) is 11.5 Å². The minimum absolute atomic E-state index is 0.122. The molecule has 8 nitrogen and oxygen atoms in total. The maximum atomic E-state index is 13.0. The Labute approximate surface area is 199 Å². The molecule has 1 N–H and O–H groups in total. The lowest BCUT2D eigenvalue weighted by molar-refractivity contribution is 0.102. The first kappa shape index (κ1) is 23.7. The van der Waals surface area contributed by atoms with Crippen molar-refractivity contribution in [3.63, 3.8) is 0 Å². The average Bonchev–Trinajstić information content (AvgIpc) is 2.88. The van der Waals surface area contributed by atoms with Gasteiger partial charge in [0.1, 0.15) is 6.61 Å². The SMILES string of the molecule is COc1ccc(NC(=O)c2cccc(S(=O)(=O)N3CCCCC3)c2)cc1OCc1cccnc1. The van der Waals surface area contributed by atoms with Crippen LogP contribution in [0.15, 0.2) is 71.9 Å². The van der Waals surface area contributed by atoms with Gasteiger partial charge in [0.15, 0.2) is 11.5 Å². The third-order valence-corrected chi connectivity index (χ3v) is 7.48. The molecule has 1 aliphatic rings. The zero-order chi connectivity index (χ0) is 24.0. The lowest BCUT2D eigenvalue weighted by atomic mass is 10.2. The summed E-state index contributed by atoms with van der Waals surface area (Å²) >= 11 is 0. The summed E-state index contributed by atoms with van der Waals surface area (Å²) in [5, 5.41) is 2.81. The summed E-state index contributed by atoms with van der Waals surface area (Å²) in [6.07, 6.45) is 6.13. The van der Waals surface area contributed by atoms with E-state index in [4.69, 9.17) is 9.47 Å². The third kappa shape index (κ3) is 5.55. The fraction of sp³-hybridized carbons (Fsp3) is 0.280. The van der Waals surface area contributed by atoms with Crippen LogP contribution in [0.3, 0.4) is 0 Å². The second-order valence-corrected chi connectivity index (χ2v) is 9.90. The highest BCUT2D eigenvalue weighted by atomic mass is 32.2. The van der Waals surface area contributed by atoms with Gasteiger partial charge in [-0.05, 0) is 49.2 Å². The van der Waals surface area contributed by atoms with E-state index < -0.39 is 15.9 Å². The van der Waals surface area contributed by atoms with E-state index in [2.05, 4.69) is 10.3 Å². The van der Waals surface area contributed by atoms with E-state index in [1.165, 1.54) is 16.4 Å². The number of benzene rings is 2. The van der Waals surface area contributed by atoms with E-state index in [0.29, 0.717) is 30.3 Å². The third-order valence-electron chi connectivity index (χ3n) is 5.59. The topological polar surface area (TPSA) is 97.8 Å². The Morgan fingerprint density at radius 2 is 1.85 bits per heavy atom. The second kappa shape index (κ2) is 10.7. The van der Waals surface area contributed by atoms with Gasteiger partial charge in [-0.1, -0.05) is 18.6 Å². The Bertz CT molecular complexity index is 1240. The number of hydrogen-bond acceptors (Lipinski definition) is 6. The summed E-state index contributed by atoms with van der Waals surface area (Å²) in [6.45, 7) is 1.30. The van der Waals surface area contributed by atoms with E-state index in [9.17, 15) is 13.2 Å². The van der Waals surface area contributed by atoms with Crippen LogP contribution in [-0.4, -0.2) is 43.8 Å². The number of nitrogens with zero attached hydrogens (tertiary/aromatic N) is 2. The maximum absolute atomic E-state index is 13.0. The number of hydrogen-bond donors (Lipinski definition) is 1. The van der Waals surface area contributed by atoms with Crippen molar-refractivity contribution in [2.75, 3.05) is 25.5 Å². The number of methoxy groups -OCH3 is 1. The Kier molecular flexibility index (Phi) is 7.44. The van der Waals surface area contributed by atoms with Crippen molar-refractivity contribution in [1.29, 1.82) is 0 Å². The van der Waals surface area contributed by atoms with Gasteiger partial charge in [-0.2, -0.15) is 4.31 Å². The van der Waals surface area contributed by atoms with Crippen LogP contribution in [0.2, 0.25) is 0 Å². The fourth-order valence-corrected chi connectivity index (χ4v) is 5.33.